The van der Waals surface area contributed by atoms with Crippen LogP contribution in [0.1, 0.15) is 18.1 Å². The van der Waals surface area contributed by atoms with Crippen molar-refractivity contribution in [3.8, 4) is 0 Å². The van der Waals surface area contributed by atoms with E-state index in [4.69, 9.17) is 10.6 Å². The van der Waals surface area contributed by atoms with Crippen LogP contribution in [0.3, 0.4) is 0 Å². The molecule has 14 heavy (non-hydrogen) atoms. The lowest BCUT2D eigenvalue weighted by Crippen LogP contribution is -2.11. The molecule has 0 fully saturated rings. The molecule has 0 saturated carbocycles. The Hall–Kier alpha value is -0.900. The van der Waals surface area contributed by atoms with Gasteiger partial charge in [-0.3, -0.25) is 4.84 Å². The molecule has 1 unspecified atom stereocenters. The Bertz CT molecular complexity index is 276. The number of ether oxygens (including phenoxy) is 1. The molecule has 0 heterocycles. The van der Waals surface area contributed by atoms with Gasteiger partial charge in [-0.25, -0.2) is 5.90 Å². The van der Waals surface area contributed by atoms with E-state index in [1.807, 2.05) is 25.1 Å². The van der Waals surface area contributed by atoms with Crippen LogP contribution in [0.2, 0.25) is 0 Å². The van der Waals surface area contributed by atoms with Gasteiger partial charge in [0.25, 0.3) is 0 Å². The van der Waals surface area contributed by atoms with Crippen molar-refractivity contribution >= 4 is 0 Å². The summed E-state index contributed by atoms with van der Waals surface area (Å²) in [6, 6.07) is 8.08. The number of rotatable bonds is 5. The zero-order chi connectivity index (χ0) is 10.4. The number of benzene rings is 1. The molecular weight excluding hydrogens is 178 g/mol. The summed E-state index contributed by atoms with van der Waals surface area (Å²) in [5.41, 5.74) is 2.35. The van der Waals surface area contributed by atoms with Gasteiger partial charge in [-0.1, -0.05) is 24.3 Å². The molecule has 0 bridgehead atoms. The molecule has 78 valence electrons. The maximum Gasteiger partial charge on any atom is 0.0932 e. The second-order valence-electron chi connectivity index (χ2n) is 3.33. The minimum atomic E-state index is 0.217. The van der Waals surface area contributed by atoms with Crippen LogP contribution in [-0.4, -0.2) is 13.2 Å². The molecule has 0 aromatic heterocycles. The molecule has 0 aliphatic rings. The van der Waals surface area contributed by atoms with Gasteiger partial charge in [-0.05, 0) is 24.5 Å². The fourth-order valence-electron chi connectivity index (χ4n) is 1.38. The van der Waals surface area contributed by atoms with E-state index in [9.17, 15) is 0 Å². The standard InChI is InChI=1S/C11H17NO2/c1-9(13-2)7-10-5-3-4-6-11(10)8-14-12/h3-6,9H,7-8,12H2,1-2H3. The van der Waals surface area contributed by atoms with E-state index in [2.05, 4.69) is 10.9 Å². The second-order valence-corrected chi connectivity index (χ2v) is 3.33. The van der Waals surface area contributed by atoms with Crippen LogP contribution in [0.25, 0.3) is 0 Å². The maximum absolute atomic E-state index is 5.22. The third kappa shape index (κ3) is 3.10. The summed E-state index contributed by atoms with van der Waals surface area (Å²) in [7, 11) is 1.71. The molecule has 0 spiro atoms. The molecule has 3 nitrogen and oxygen atoms in total. The first-order chi connectivity index (χ1) is 6.77. The van der Waals surface area contributed by atoms with E-state index in [0.29, 0.717) is 6.61 Å². The Morgan fingerprint density at radius 2 is 1.93 bits per heavy atom. The summed E-state index contributed by atoms with van der Waals surface area (Å²) in [5.74, 6) is 5.06. The minimum absolute atomic E-state index is 0.217. The van der Waals surface area contributed by atoms with Gasteiger partial charge in [0.05, 0.1) is 12.7 Å². The second kappa shape index (κ2) is 5.75. The Labute approximate surface area is 84.8 Å². The summed E-state index contributed by atoms with van der Waals surface area (Å²) >= 11 is 0. The Kier molecular flexibility index (Phi) is 4.59. The van der Waals surface area contributed by atoms with Crippen LogP contribution in [0.4, 0.5) is 0 Å². The van der Waals surface area contributed by atoms with Gasteiger partial charge in [0.2, 0.25) is 0 Å². The van der Waals surface area contributed by atoms with Gasteiger partial charge in [0.15, 0.2) is 0 Å². The first kappa shape index (κ1) is 11.2. The van der Waals surface area contributed by atoms with Crippen molar-refractivity contribution in [2.24, 2.45) is 5.90 Å². The zero-order valence-corrected chi connectivity index (χ0v) is 8.69. The van der Waals surface area contributed by atoms with Crippen molar-refractivity contribution in [2.75, 3.05) is 7.11 Å². The molecule has 0 aliphatic heterocycles. The number of nitrogens with two attached hydrogens (primary N) is 1. The van der Waals surface area contributed by atoms with E-state index in [1.165, 1.54) is 5.56 Å². The van der Waals surface area contributed by atoms with Crippen LogP contribution in [0, 0.1) is 0 Å². The highest BCUT2D eigenvalue weighted by Crippen LogP contribution is 2.12. The van der Waals surface area contributed by atoms with E-state index in [1.54, 1.807) is 7.11 Å². The molecule has 1 atom stereocenters. The van der Waals surface area contributed by atoms with Crippen LogP contribution < -0.4 is 5.90 Å². The predicted octanol–water partition coefficient (Wildman–Crippen LogP) is 1.65. The van der Waals surface area contributed by atoms with Gasteiger partial charge in [0.1, 0.15) is 0 Å². The van der Waals surface area contributed by atoms with Gasteiger partial charge in [-0.15, -0.1) is 0 Å². The molecule has 1 aromatic carbocycles. The van der Waals surface area contributed by atoms with Crippen molar-refractivity contribution in [1.29, 1.82) is 0 Å². The molecule has 0 amide bonds. The monoisotopic (exact) mass is 195 g/mol. The smallest absolute Gasteiger partial charge is 0.0932 e. The average Bonchev–Trinajstić information content (AvgIpc) is 2.21. The maximum atomic E-state index is 5.22. The zero-order valence-electron chi connectivity index (χ0n) is 8.69. The normalized spacial score (nSPS) is 12.8. The topological polar surface area (TPSA) is 44.5 Å². The minimum Gasteiger partial charge on any atom is -0.381 e. The van der Waals surface area contributed by atoms with E-state index in [-0.39, 0.29) is 6.10 Å². The Morgan fingerprint density at radius 3 is 2.50 bits per heavy atom. The van der Waals surface area contributed by atoms with E-state index in [0.717, 1.165) is 12.0 Å². The highest BCUT2D eigenvalue weighted by atomic mass is 16.6. The molecule has 0 saturated heterocycles. The fourth-order valence-corrected chi connectivity index (χ4v) is 1.38. The third-order valence-electron chi connectivity index (χ3n) is 2.27. The fraction of sp³-hybridized carbons (Fsp3) is 0.455. The lowest BCUT2D eigenvalue weighted by Gasteiger charge is -2.12. The quantitative estimate of drug-likeness (QED) is 0.727. The molecule has 0 aliphatic carbocycles. The molecule has 2 N–H and O–H groups in total. The van der Waals surface area contributed by atoms with E-state index < -0.39 is 0 Å². The SMILES string of the molecule is COC(C)Cc1ccccc1CON. The average molecular weight is 195 g/mol. The Morgan fingerprint density at radius 1 is 1.29 bits per heavy atom. The molecular formula is C11H17NO2. The van der Waals surface area contributed by atoms with E-state index >= 15 is 0 Å². The van der Waals surface area contributed by atoms with Gasteiger partial charge >= 0.3 is 0 Å². The highest BCUT2D eigenvalue weighted by molar-refractivity contribution is 5.27. The lowest BCUT2D eigenvalue weighted by atomic mass is 10.0. The van der Waals surface area contributed by atoms with Crippen molar-refractivity contribution in [3.05, 3.63) is 35.4 Å². The summed E-state index contributed by atoms with van der Waals surface area (Å²) in [6.45, 7) is 2.49. The lowest BCUT2D eigenvalue weighted by molar-refractivity contribution is 0.113. The third-order valence-corrected chi connectivity index (χ3v) is 2.27. The van der Waals surface area contributed by atoms with Crippen molar-refractivity contribution in [2.45, 2.75) is 26.1 Å². The highest BCUT2D eigenvalue weighted by Gasteiger charge is 2.05. The molecule has 1 rings (SSSR count). The number of methoxy groups -OCH3 is 1. The molecule has 1 aromatic rings. The van der Waals surface area contributed by atoms with Gasteiger partial charge < -0.3 is 4.74 Å². The number of hydrogen-bond acceptors (Lipinski definition) is 3. The summed E-state index contributed by atoms with van der Waals surface area (Å²) in [5, 5.41) is 0. The predicted molar refractivity (Wildman–Crippen MR) is 55.6 cm³/mol. The van der Waals surface area contributed by atoms with Crippen molar-refractivity contribution < 1.29 is 9.57 Å². The molecule has 0 radical (unpaired) electrons. The first-order valence-corrected chi connectivity index (χ1v) is 4.69. The van der Waals surface area contributed by atoms with Crippen molar-refractivity contribution in [3.63, 3.8) is 0 Å². The van der Waals surface area contributed by atoms with Crippen LogP contribution in [0.5, 0.6) is 0 Å². The molecule has 3 heteroatoms. The largest absolute Gasteiger partial charge is 0.381 e. The van der Waals surface area contributed by atoms with Crippen molar-refractivity contribution in [1.82, 2.24) is 0 Å². The summed E-state index contributed by atoms with van der Waals surface area (Å²) < 4.78 is 5.22. The van der Waals surface area contributed by atoms with Crippen LogP contribution in [0.15, 0.2) is 24.3 Å². The Balaban J connectivity index is 2.73. The van der Waals surface area contributed by atoms with Crippen LogP contribution in [-0.2, 0) is 22.6 Å². The summed E-state index contributed by atoms with van der Waals surface area (Å²) in [6.07, 6.45) is 1.10. The van der Waals surface area contributed by atoms with Gasteiger partial charge in [-0.2, -0.15) is 0 Å². The van der Waals surface area contributed by atoms with Gasteiger partial charge in [0, 0.05) is 7.11 Å². The first-order valence-electron chi connectivity index (χ1n) is 4.69. The number of hydrogen-bond donors (Lipinski definition) is 1. The summed E-state index contributed by atoms with van der Waals surface area (Å²) in [4.78, 5) is 4.64. The van der Waals surface area contributed by atoms with Crippen LogP contribution >= 0.6 is 0 Å².